The van der Waals surface area contributed by atoms with E-state index in [0.717, 1.165) is 4.90 Å². The molecule has 0 saturated carbocycles. The van der Waals surface area contributed by atoms with E-state index < -0.39 is 5.91 Å². The van der Waals surface area contributed by atoms with Crippen molar-refractivity contribution >= 4 is 34.9 Å². The van der Waals surface area contributed by atoms with Gasteiger partial charge in [-0.3, -0.25) is 14.5 Å². The minimum atomic E-state index is -0.480. The van der Waals surface area contributed by atoms with Crippen LogP contribution in [0.15, 0.2) is 29.4 Å². The number of nitrogens with two attached hydrogens (primary N) is 1. The first-order chi connectivity index (χ1) is 8.93. The average molecular weight is 276 g/mol. The number of nitrogens with zero attached hydrogens (tertiary/aromatic N) is 3. The lowest BCUT2D eigenvalue weighted by Crippen LogP contribution is -2.45. The van der Waals surface area contributed by atoms with E-state index in [-0.39, 0.29) is 16.7 Å². The van der Waals surface area contributed by atoms with E-state index in [2.05, 4.69) is 5.10 Å². The number of fused-ring (bicyclic) bond motifs is 1. The Balaban J connectivity index is 2.61. The van der Waals surface area contributed by atoms with Crippen molar-refractivity contribution in [1.82, 2.24) is 9.91 Å². The first-order valence-electron chi connectivity index (χ1n) is 5.47. The maximum absolute atomic E-state index is 12.1. The van der Waals surface area contributed by atoms with Crippen LogP contribution in [0.3, 0.4) is 0 Å². The van der Waals surface area contributed by atoms with Crippen LogP contribution in [0.25, 0.3) is 0 Å². The number of thiocarbonyl (C=S) groups is 1. The number of hydrazone groups is 1. The van der Waals surface area contributed by atoms with Gasteiger partial charge in [0, 0.05) is 25.2 Å². The number of amides is 2. The predicted octanol–water partition coefficient (Wildman–Crippen LogP) is 0.178. The Labute approximate surface area is 115 Å². The fourth-order valence-corrected chi connectivity index (χ4v) is 1.76. The van der Waals surface area contributed by atoms with Crippen molar-refractivity contribution in [3.63, 3.8) is 0 Å². The fraction of sp³-hybridized carbons (Fsp3) is 0.167. The summed E-state index contributed by atoms with van der Waals surface area (Å²) < 4.78 is 0. The third-order valence-electron chi connectivity index (χ3n) is 2.79. The van der Waals surface area contributed by atoms with Crippen LogP contribution in [0.1, 0.15) is 15.9 Å². The molecule has 0 bridgehead atoms. The van der Waals surface area contributed by atoms with Crippen molar-refractivity contribution in [2.45, 2.75) is 0 Å². The molecule has 6 nitrogen and oxygen atoms in total. The molecule has 2 N–H and O–H groups in total. The van der Waals surface area contributed by atoms with Gasteiger partial charge >= 0.3 is 0 Å². The van der Waals surface area contributed by atoms with Crippen molar-refractivity contribution in [2.75, 3.05) is 14.1 Å². The monoisotopic (exact) mass is 276 g/mol. The molecule has 0 atom stereocenters. The SMILES string of the molecule is CN(/N=C1\C(=O)N(C)C(=O)c2ccccc21)C(N)=S. The summed E-state index contributed by atoms with van der Waals surface area (Å²) >= 11 is 4.78. The summed E-state index contributed by atoms with van der Waals surface area (Å²) in [6.45, 7) is 0. The van der Waals surface area contributed by atoms with E-state index in [1.807, 2.05) is 0 Å². The molecule has 1 heterocycles. The standard InChI is InChI=1S/C12H12N4O2S/c1-15-10(17)8-6-4-3-5-7(8)9(11(15)18)14-16(2)12(13)19/h3-6H,1-2H3,(H2,13,19)/b14-9-. The van der Waals surface area contributed by atoms with Crippen LogP contribution < -0.4 is 5.73 Å². The molecule has 7 heteroatoms. The Bertz CT molecular complexity index is 612. The van der Waals surface area contributed by atoms with Crippen molar-refractivity contribution in [3.05, 3.63) is 35.4 Å². The average Bonchev–Trinajstić information content (AvgIpc) is 2.40. The van der Waals surface area contributed by atoms with E-state index in [4.69, 9.17) is 18.0 Å². The minimum Gasteiger partial charge on any atom is -0.375 e. The van der Waals surface area contributed by atoms with E-state index >= 15 is 0 Å². The first kappa shape index (κ1) is 13.2. The topological polar surface area (TPSA) is 79.0 Å². The molecule has 1 aromatic rings. The van der Waals surface area contributed by atoms with Crippen LogP contribution >= 0.6 is 12.2 Å². The number of benzene rings is 1. The quantitative estimate of drug-likeness (QED) is 0.449. The van der Waals surface area contributed by atoms with Gasteiger partial charge in [-0.1, -0.05) is 18.2 Å². The number of rotatable bonds is 1. The maximum atomic E-state index is 12.1. The maximum Gasteiger partial charge on any atom is 0.281 e. The van der Waals surface area contributed by atoms with Gasteiger partial charge in [0.1, 0.15) is 0 Å². The van der Waals surface area contributed by atoms with Crippen molar-refractivity contribution in [2.24, 2.45) is 10.8 Å². The van der Waals surface area contributed by atoms with Gasteiger partial charge in [0.05, 0.1) is 0 Å². The molecule has 2 amide bonds. The summed E-state index contributed by atoms with van der Waals surface area (Å²) in [5, 5.41) is 5.35. The lowest BCUT2D eigenvalue weighted by atomic mass is 9.97. The van der Waals surface area contributed by atoms with Crippen LogP contribution in [-0.2, 0) is 4.79 Å². The largest absolute Gasteiger partial charge is 0.375 e. The first-order valence-corrected chi connectivity index (χ1v) is 5.88. The molecule has 0 fully saturated rings. The zero-order valence-electron chi connectivity index (χ0n) is 10.5. The summed E-state index contributed by atoms with van der Waals surface area (Å²) in [5.74, 6) is -0.829. The molecule has 0 aliphatic carbocycles. The Hall–Kier alpha value is -2.28. The predicted molar refractivity (Wildman–Crippen MR) is 74.6 cm³/mol. The normalized spacial score (nSPS) is 16.5. The second kappa shape index (κ2) is 4.77. The van der Waals surface area contributed by atoms with Gasteiger partial charge in [-0.15, -0.1) is 0 Å². The second-order valence-electron chi connectivity index (χ2n) is 4.03. The van der Waals surface area contributed by atoms with Gasteiger partial charge in [-0.25, -0.2) is 5.01 Å². The van der Waals surface area contributed by atoms with Gasteiger partial charge < -0.3 is 5.73 Å². The number of likely N-dealkylation sites (N-methyl/N-ethyl adjacent to an activating group) is 1. The molecule has 0 spiro atoms. The highest BCUT2D eigenvalue weighted by Crippen LogP contribution is 2.19. The molecule has 0 aromatic heterocycles. The van der Waals surface area contributed by atoms with Crippen molar-refractivity contribution in [1.29, 1.82) is 0 Å². The number of imide groups is 1. The summed E-state index contributed by atoms with van der Waals surface area (Å²) in [6.07, 6.45) is 0. The molecule has 1 aromatic carbocycles. The summed E-state index contributed by atoms with van der Waals surface area (Å²) in [6, 6.07) is 6.79. The fourth-order valence-electron chi connectivity index (χ4n) is 1.72. The molecular formula is C12H12N4O2S. The van der Waals surface area contributed by atoms with Crippen molar-refractivity contribution < 1.29 is 9.59 Å². The van der Waals surface area contributed by atoms with Crippen LogP contribution in [-0.4, -0.2) is 46.6 Å². The molecule has 1 aliphatic rings. The number of hydrogen-bond donors (Lipinski definition) is 1. The lowest BCUT2D eigenvalue weighted by Gasteiger charge is -2.25. The Morgan fingerprint density at radius 2 is 1.84 bits per heavy atom. The molecule has 19 heavy (non-hydrogen) atoms. The van der Waals surface area contributed by atoms with Gasteiger partial charge in [-0.2, -0.15) is 5.10 Å². The molecule has 1 aliphatic heterocycles. The minimum absolute atomic E-state index is 0.0392. The van der Waals surface area contributed by atoms with Crippen LogP contribution in [0.5, 0.6) is 0 Å². The molecule has 98 valence electrons. The smallest absolute Gasteiger partial charge is 0.281 e. The second-order valence-corrected chi connectivity index (χ2v) is 4.44. The summed E-state index contributed by atoms with van der Waals surface area (Å²) in [7, 11) is 2.96. The zero-order chi connectivity index (χ0) is 14.2. The number of carbonyl (C=O) groups is 2. The summed E-state index contributed by atoms with van der Waals surface area (Å²) in [4.78, 5) is 25.1. The molecular weight excluding hydrogens is 264 g/mol. The molecule has 0 radical (unpaired) electrons. The van der Waals surface area contributed by atoms with Crippen LogP contribution in [0.2, 0.25) is 0 Å². The van der Waals surface area contributed by atoms with E-state index in [0.29, 0.717) is 11.1 Å². The van der Waals surface area contributed by atoms with Crippen LogP contribution in [0, 0.1) is 0 Å². The highest BCUT2D eigenvalue weighted by Gasteiger charge is 2.33. The van der Waals surface area contributed by atoms with Crippen LogP contribution in [0.4, 0.5) is 0 Å². The highest BCUT2D eigenvalue weighted by atomic mass is 32.1. The van der Waals surface area contributed by atoms with E-state index in [1.54, 1.807) is 31.3 Å². The van der Waals surface area contributed by atoms with E-state index in [9.17, 15) is 9.59 Å². The molecule has 0 unspecified atom stereocenters. The third kappa shape index (κ3) is 2.19. The highest BCUT2D eigenvalue weighted by molar-refractivity contribution is 7.80. The summed E-state index contributed by atoms with van der Waals surface area (Å²) in [5.41, 5.74) is 6.50. The third-order valence-corrected chi connectivity index (χ3v) is 3.06. The van der Waals surface area contributed by atoms with Gasteiger partial charge in [0.2, 0.25) is 0 Å². The number of carbonyl (C=O) groups excluding carboxylic acids is 2. The van der Waals surface area contributed by atoms with Gasteiger partial charge in [0.25, 0.3) is 11.8 Å². The Morgan fingerprint density at radius 1 is 1.26 bits per heavy atom. The van der Waals surface area contributed by atoms with Crippen molar-refractivity contribution in [3.8, 4) is 0 Å². The Kier molecular flexibility index (Phi) is 3.30. The molecule has 0 saturated heterocycles. The number of hydrogen-bond acceptors (Lipinski definition) is 4. The Morgan fingerprint density at radius 3 is 2.42 bits per heavy atom. The zero-order valence-corrected chi connectivity index (χ0v) is 11.3. The lowest BCUT2D eigenvalue weighted by molar-refractivity contribution is -0.120. The van der Waals surface area contributed by atoms with Gasteiger partial charge in [-0.05, 0) is 18.3 Å². The van der Waals surface area contributed by atoms with E-state index in [1.165, 1.54) is 12.1 Å². The van der Waals surface area contributed by atoms with Gasteiger partial charge in [0.15, 0.2) is 10.8 Å². The molecule has 2 rings (SSSR count).